The highest BCUT2D eigenvalue weighted by atomic mass is 35.5. The molecule has 0 spiro atoms. The summed E-state index contributed by atoms with van der Waals surface area (Å²) in [7, 11) is 1.88. The van der Waals surface area contributed by atoms with E-state index in [1.165, 1.54) is 0 Å². The molecule has 1 aromatic rings. The van der Waals surface area contributed by atoms with Gasteiger partial charge in [-0.2, -0.15) is 0 Å². The Kier molecular flexibility index (Phi) is 3.78. The number of hydrogen-bond donors (Lipinski definition) is 1. The molecule has 0 amide bonds. The lowest BCUT2D eigenvalue weighted by atomic mass is 10.1. The number of halogens is 1. The molecule has 1 heterocycles. The molecule has 0 saturated carbocycles. The smallest absolute Gasteiger partial charge is 0.339 e. The quantitative estimate of drug-likeness (QED) is 0.917. The highest BCUT2D eigenvalue weighted by Gasteiger charge is 2.30. The van der Waals surface area contributed by atoms with Crippen molar-refractivity contribution in [3.8, 4) is 0 Å². The second-order valence-electron chi connectivity index (χ2n) is 4.48. The Morgan fingerprint density at radius 3 is 2.83 bits per heavy atom. The number of carboxylic acids is 1. The minimum absolute atomic E-state index is 0.0932. The average Bonchev–Trinajstić information content (AvgIpc) is 2.73. The molecule has 1 fully saturated rings. The van der Waals surface area contributed by atoms with Crippen LogP contribution in [-0.4, -0.2) is 36.9 Å². The van der Waals surface area contributed by atoms with Gasteiger partial charge in [0, 0.05) is 13.7 Å². The molecular weight excluding hydrogens is 254 g/mol. The predicted octanol–water partition coefficient (Wildman–Crippen LogP) is 2.65. The standard InChI is InChI=1S/C13H16ClNO3/c1-8-10(6-7-18-8)15(2)11-5-3-4-9(14)12(11)13(16)17/h3-5,8,10H,6-7H2,1-2H3,(H,16,17). The first kappa shape index (κ1) is 13.2. The van der Waals surface area contributed by atoms with Crippen LogP contribution in [0.2, 0.25) is 5.02 Å². The van der Waals surface area contributed by atoms with Gasteiger partial charge in [-0.1, -0.05) is 17.7 Å². The number of nitrogens with zero attached hydrogens (tertiary/aromatic N) is 1. The van der Waals surface area contributed by atoms with Crippen molar-refractivity contribution in [1.29, 1.82) is 0 Å². The van der Waals surface area contributed by atoms with Gasteiger partial charge in [-0.05, 0) is 25.5 Å². The molecule has 1 N–H and O–H groups in total. The van der Waals surface area contributed by atoms with Crippen LogP contribution in [0.5, 0.6) is 0 Å². The van der Waals surface area contributed by atoms with Crippen molar-refractivity contribution in [2.24, 2.45) is 0 Å². The molecule has 1 aliphatic heterocycles. The number of carboxylic acid groups (broad SMARTS) is 1. The number of hydrogen-bond acceptors (Lipinski definition) is 3. The summed E-state index contributed by atoms with van der Waals surface area (Å²) in [6.07, 6.45) is 0.985. The lowest BCUT2D eigenvalue weighted by molar-refractivity contribution is 0.0697. The highest BCUT2D eigenvalue weighted by molar-refractivity contribution is 6.34. The lowest BCUT2D eigenvalue weighted by Crippen LogP contribution is -2.37. The highest BCUT2D eigenvalue weighted by Crippen LogP contribution is 2.31. The number of benzene rings is 1. The summed E-state index contributed by atoms with van der Waals surface area (Å²) in [6, 6.07) is 5.32. The SMILES string of the molecule is CC1OCCC1N(C)c1cccc(Cl)c1C(=O)O. The minimum atomic E-state index is -1.01. The monoisotopic (exact) mass is 269 g/mol. The minimum Gasteiger partial charge on any atom is -0.478 e. The van der Waals surface area contributed by atoms with E-state index in [4.69, 9.17) is 16.3 Å². The molecule has 1 aromatic carbocycles. The van der Waals surface area contributed by atoms with Crippen LogP contribution >= 0.6 is 11.6 Å². The van der Waals surface area contributed by atoms with Crippen LogP contribution in [0.25, 0.3) is 0 Å². The fraction of sp³-hybridized carbons (Fsp3) is 0.462. The van der Waals surface area contributed by atoms with Gasteiger partial charge in [-0.25, -0.2) is 4.79 Å². The molecule has 18 heavy (non-hydrogen) atoms. The summed E-state index contributed by atoms with van der Waals surface area (Å²) < 4.78 is 5.52. The van der Waals surface area contributed by atoms with Crippen LogP contribution in [0.4, 0.5) is 5.69 Å². The Balaban J connectivity index is 2.38. The third-order valence-corrected chi connectivity index (χ3v) is 3.73. The van der Waals surface area contributed by atoms with E-state index in [0.717, 1.165) is 6.42 Å². The molecule has 0 aromatic heterocycles. The lowest BCUT2D eigenvalue weighted by Gasteiger charge is -2.30. The Hall–Kier alpha value is -1.26. The van der Waals surface area contributed by atoms with Crippen LogP contribution in [0.1, 0.15) is 23.7 Å². The van der Waals surface area contributed by atoms with Crippen LogP contribution in [0.3, 0.4) is 0 Å². The summed E-state index contributed by atoms with van der Waals surface area (Å²) in [4.78, 5) is 13.3. The largest absolute Gasteiger partial charge is 0.478 e. The average molecular weight is 270 g/mol. The first-order valence-corrected chi connectivity index (χ1v) is 6.26. The summed E-state index contributed by atoms with van der Waals surface area (Å²) >= 11 is 5.97. The zero-order valence-electron chi connectivity index (χ0n) is 10.4. The van der Waals surface area contributed by atoms with Gasteiger partial charge in [0.15, 0.2) is 0 Å². The van der Waals surface area contributed by atoms with E-state index < -0.39 is 5.97 Å². The zero-order chi connectivity index (χ0) is 13.3. The summed E-state index contributed by atoms with van der Waals surface area (Å²) in [5, 5.41) is 9.52. The van der Waals surface area contributed by atoms with Crippen LogP contribution < -0.4 is 4.90 Å². The van der Waals surface area contributed by atoms with Gasteiger partial charge >= 0.3 is 5.97 Å². The van der Waals surface area contributed by atoms with Crippen molar-refractivity contribution in [3.05, 3.63) is 28.8 Å². The molecule has 2 atom stereocenters. The van der Waals surface area contributed by atoms with Crippen LogP contribution in [0, 0.1) is 0 Å². The molecule has 5 heteroatoms. The number of anilines is 1. The topological polar surface area (TPSA) is 49.8 Å². The maximum Gasteiger partial charge on any atom is 0.339 e. The van der Waals surface area contributed by atoms with E-state index in [9.17, 15) is 9.90 Å². The number of aromatic carboxylic acids is 1. The molecule has 0 bridgehead atoms. The van der Waals surface area contributed by atoms with Gasteiger partial charge < -0.3 is 14.7 Å². The van der Waals surface area contributed by atoms with Gasteiger partial charge in [-0.15, -0.1) is 0 Å². The maximum absolute atomic E-state index is 11.3. The van der Waals surface area contributed by atoms with Crippen molar-refractivity contribution >= 4 is 23.3 Å². The number of rotatable bonds is 3. The van der Waals surface area contributed by atoms with E-state index in [-0.39, 0.29) is 22.7 Å². The van der Waals surface area contributed by atoms with E-state index in [0.29, 0.717) is 12.3 Å². The molecule has 2 rings (SSSR count). The Morgan fingerprint density at radius 1 is 1.56 bits per heavy atom. The van der Waals surface area contributed by atoms with Crippen molar-refractivity contribution in [1.82, 2.24) is 0 Å². The van der Waals surface area contributed by atoms with Gasteiger partial charge in [0.2, 0.25) is 0 Å². The molecule has 0 radical (unpaired) electrons. The van der Waals surface area contributed by atoms with Crippen molar-refractivity contribution in [2.45, 2.75) is 25.5 Å². The Bertz CT molecular complexity index is 464. The Morgan fingerprint density at radius 2 is 2.28 bits per heavy atom. The van der Waals surface area contributed by atoms with Crippen LogP contribution in [0.15, 0.2) is 18.2 Å². The normalized spacial score (nSPS) is 23.1. The number of ether oxygens (including phenoxy) is 1. The summed E-state index contributed by atoms with van der Waals surface area (Å²) in [5.41, 5.74) is 0.790. The van der Waals surface area contributed by atoms with E-state index in [1.807, 2.05) is 18.9 Å². The van der Waals surface area contributed by atoms with Crippen molar-refractivity contribution < 1.29 is 14.6 Å². The first-order chi connectivity index (χ1) is 8.52. The fourth-order valence-corrected chi connectivity index (χ4v) is 2.68. The first-order valence-electron chi connectivity index (χ1n) is 5.88. The van der Waals surface area contributed by atoms with Gasteiger partial charge in [0.25, 0.3) is 0 Å². The molecular formula is C13H16ClNO3. The van der Waals surface area contributed by atoms with E-state index in [1.54, 1.807) is 18.2 Å². The maximum atomic E-state index is 11.3. The molecule has 98 valence electrons. The van der Waals surface area contributed by atoms with Crippen molar-refractivity contribution in [3.63, 3.8) is 0 Å². The molecule has 4 nitrogen and oxygen atoms in total. The van der Waals surface area contributed by atoms with E-state index in [2.05, 4.69) is 0 Å². The second-order valence-corrected chi connectivity index (χ2v) is 4.89. The molecule has 2 unspecified atom stereocenters. The summed E-state index contributed by atoms with van der Waals surface area (Å²) in [6.45, 7) is 2.71. The number of likely N-dealkylation sites (N-methyl/N-ethyl adjacent to an activating group) is 1. The van der Waals surface area contributed by atoms with Crippen molar-refractivity contribution in [2.75, 3.05) is 18.6 Å². The predicted molar refractivity (Wildman–Crippen MR) is 70.6 cm³/mol. The Labute approximate surface area is 111 Å². The number of carbonyl (C=O) groups is 1. The van der Waals surface area contributed by atoms with Gasteiger partial charge in [0.05, 0.1) is 22.9 Å². The van der Waals surface area contributed by atoms with Gasteiger partial charge in [-0.3, -0.25) is 0 Å². The van der Waals surface area contributed by atoms with Crippen LogP contribution in [-0.2, 0) is 4.74 Å². The summed E-state index contributed by atoms with van der Waals surface area (Å²) in [5.74, 6) is -1.01. The molecule has 1 aliphatic rings. The molecule has 0 aliphatic carbocycles. The third kappa shape index (κ3) is 2.31. The van der Waals surface area contributed by atoms with Gasteiger partial charge in [0.1, 0.15) is 5.56 Å². The zero-order valence-corrected chi connectivity index (χ0v) is 11.1. The second kappa shape index (κ2) is 5.16. The fourth-order valence-electron chi connectivity index (χ4n) is 2.43. The molecule has 1 saturated heterocycles. The van der Waals surface area contributed by atoms with E-state index >= 15 is 0 Å². The third-order valence-electron chi connectivity index (χ3n) is 3.42.